The lowest BCUT2D eigenvalue weighted by Gasteiger charge is -2.08. The molecule has 34 heavy (non-hydrogen) atoms. The minimum Gasteiger partial charge on any atom is -0.484 e. The molecule has 0 aliphatic heterocycles. The van der Waals surface area contributed by atoms with Gasteiger partial charge in [-0.2, -0.15) is 5.10 Å². The van der Waals surface area contributed by atoms with Crippen molar-refractivity contribution in [2.45, 2.75) is 25.4 Å². The molecule has 1 heterocycles. The number of hydrogen-bond acceptors (Lipinski definition) is 7. The van der Waals surface area contributed by atoms with Crippen LogP contribution in [0.4, 0.5) is 0 Å². The quantitative estimate of drug-likeness (QED) is 0.190. The summed E-state index contributed by atoms with van der Waals surface area (Å²) in [5.41, 5.74) is 6.17. The van der Waals surface area contributed by atoms with Gasteiger partial charge in [-0.25, -0.2) is 15.4 Å². The molecule has 0 atom stereocenters. The number of carbonyl (C=O) groups is 2. The van der Waals surface area contributed by atoms with Crippen LogP contribution in [-0.4, -0.2) is 46.9 Å². The Balaban J connectivity index is 1.34. The van der Waals surface area contributed by atoms with Crippen LogP contribution in [0.5, 0.6) is 5.75 Å². The Hall–Kier alpha value is -3.72. The Labute approximate surface area is 203 Å². The van der Waals surface area contributed by atoms with Crippen LogP contribution in [0, 0.1) is 13.8 Å². The second kappa shape index (κ2) is 13.1. The van der Waals surface area contributed by atoms with Crippen LogP contribution in [0.25, 0.3) is 0 Å². The number of amides is 2. The molecular formula is C25H27N5O3S. The molecule has 0 spiro atoms. The van der Waals surface area contributed by atoms with Gasteiger partial charge in [0.25, 0.3) is 11.8 Å². The zero-order valence-electron chi connectivity index (χ0n) is 19.2. The van der Waals surface area contributed by atoms with Crippen molar-refractivity contribution < 1.29 is 14.3 Å². The number of ether oxygens (including phenoxy) is 1. The largest absolute Gasteiger partial charge is 0.484 e. The highest BCUT2D eigenvalue weighted by atomic mass is 32.2. The van der Waals surface area contributed by atoms with Gasteiger partial charge in [0.05, 0.1) is 12.0 Å². The van der Waals surface area contributed by atoms with Crippen molar-refractivity contribution in [1.82, 2.24) is 20.7 Å². The van der Waals surface area contributed by atoms with Crippen LogP contribution in [0.1, 0.15) is 22.5 Å². The summed E-state index contributed by atoms with van der Waals surface area (Å²) in [5.74, 6) is 0.320. The fourth-order valence-corrected chi connectivity index (χ4v) is 3.68. The van der Waals surface area contributed by atoms with E-state index in [0.29, 0.717) is 17.5 Å². The Morgan fingerprint density at radius 3 is 2.41 bits per heavy atom. The van der Waals surface area contributed by atoms with E-state index in [9.17, 15) is 9.59 Å². The number of rotatable bonds is 11. The lowest BCUT2D eigenvalue weighted by molar-refractivity contribution is -0.123. The molecule has 0 bridgehead atoms. The van der Waals surface area contributed by atoms with Gasteiger partial charge in [-0.1, -0.05) is 42.1 Å². The van der Waals surface area contributed by atoms with Crippen molar-refractivity contribution in [1.29, 1.82) is 0 Å². The molecule has 0 saturated carbocycles. The van der Waals surface area contributed by atoms with Crippen molar-refractivity contribution in [2.75, 3.05) is 18.9 Å². The van der Waals surface area contributed by atoms with Gasteiger partial charge in [0.2, 0.25) is 0 Å². The molecule has 2 N–H and O–H groups in total. The van der Waals surface area contributed by atoms with Crippen LogP contribution >= 0.6 is 11.8 Å². The monoisotopic (exact) mass is 477 g/mol. The molecule has 176 valence electrons. The number of hydrazone groups is 1. The molecule has 0 unspecified atom stereocenters. The number of hydrogen-bond donors (Lipinski definition) is 2. The second-order valence-corrected chi connectivity index (χ2v) is 8.40. The summed E-state index contributed by atoms with van der Waals surface area (Å²) in [6.45, 7) is 4.28. The predicted molar refractivity (Wildman–Crippen MR) is 133 cm³/mol. The zero-order chi connectivity index (χ0) is 24.2. The molecule has 2 amide bonds. The number of nitrogens with zero attached hydrogens (tertiary/aromatic N) is 3. The van der Waals surface area contributed by atoms with Crippen molar-refractivity contribution in [2.24, 2.45) is 5.10 Å². The van der Waals surface area contributed by atoms with Gasteiger partial charge in [-0.15, -0.1) is 0 Å². The van der Waals surface area contributed by atoms with E-state index in [1.54, 1.807) is 24.3 Å². The third-order valence-corrected chi connectivity index (χ3v) is 5.37. The number of aryl methyl sites for hydroxylation is 2. The summed E-state index contributed by atoms with van der Waals surface area (Å²) in [6.07, 6.45) is 2.31. The summed E-state index contributed by atoms with van der Waals surface area (Å²) in [4.78, 5) is 32.5. The average Bonchev–Trinajstić information content (AvgIpc) is 2.82. The predicted octanol–water partition coefficient (Wildman–Crippen LogP) is 3.07. The lowest BCUT2D eigenvalue weighted by atomic mass is 10.1. The van der Waals surface area contributed by atoms with Gasteiger partial charge in [0, 0.05) is 17.9 Å². The van der Waals surface area contributed by atoms with E-state index < -0.39 is 0 Å². The standard InChI is InChI=1S/C25H27N5O3S/c1-18-14-19(2)29-25(28-18)34-17-24(32)30-27-15-21-8-10-22(11-9-21)33-16-23(31)26-13-12-20-6-4-3-5-7-20/h3-11,14-15H,12-13,16-17H2,1-2H3,(H,26,31)(H,30,32)/b27-15-. The molecule has 8 nitrogen and oxygen atoms in total. The first-order valence-electron chi connectivity index (χ1n) is 10.8. The van der Waals surface area contributed by atoms with Crippen molar-refractivity contribution >= 4 is 29.8 Å². The molecule has 3 rings (SSSR count). The van der Waals surface area contributed by atoms with Crippen molar-refractivity contribution in [3.63, 3.8) is 0 Å². The van der Waals surface area contributed by atoms with E-state index in [4.69, 9.17) is 4.74 Å². The molecule has 0 aliphatic rings. The van der Waals surface area contributed by atoms with Gasteiger partial charge < -0.3 is 10.1 Å². The van der Waals surface area contributed by atoms with Crippen LogP contribution in [0.2, 0.25) is 0 Å². The third kappa shape index (κ3) is 9.03. The van der Waals surface area contributed by atoms with Crippen LogP contribution in [-0.2, 0) is 16.0 Å². The first-order valence-corrected chi connectivity index (χ1v) is 11.8. The molecule has 1 aromatic heterocycles. The maximum atomic E-state index is 12.0. The normalized spacial score (nSPS) is 10.8. The Morgan fingerprint density at radius 1 is 1.00 bits per heavy atom. The third-order valence-electron chi connectivity index (χ3n) is 4.53. The van der Waals surface area contributed by atoms with Crippen LogP contribution in [0.15, 0.2) is 70.9 Å². The minimum atomic E-state index is -0.248. The summed E-state index contributed by atoms with van der Waals surface area (Å²) < 4.78 is 5.52. The average molecular weight is 478 g/mol. The lowest BCUT2D eigenvalue weighted by Crippen LogP contribution is -2.30. The minimum absolute atomic E-state index is 0.0554. The van der Waals surface area contributed by atoms with E-state index in [1.807, 2.05) is 50.2 Å². The van der Waals surface area contributed by atoms with Gasteiger partial charge in [0.15, 0.2) is 11.8 Å². The molecule has 0 radical (unpaired) electrons. The summed E-state index contributed by atoms with van der Waals surface area (Å²) in [6, 6.07) is 18.9. The summed E-state index contributed by atoms with van der Waals surface area (Å²) >= 11 is 1.26. The SMILES string of the molecule is Cc1cc(C)nc(SCC(=O)N/N=C\c2ccc(OCC(=O)NCCc3ccccc3)cc2)n1. The van der Waals surface area contributed by atoms with Gasteiger partial charge >= 0.3 is 0 Å². The topological polar surface area (TPSA) is 106 Å². The van der Waals surface area contributed by atoms with Gasteiger partial charge in [-0.05, 0) is 61.7 Å². The Morgan fingerprint density at radius 2 is 1.71 bits per heavy atom. The van der Waals surface area contributed by atoms with Gasteiger partial charge in [0.1, 0.15) is 5.75 Å². The van der Waals surface area contributed by atoms with Crippen LogP contribution < -0.4 is 15.5 Å². The van der Waals surface area contributed by atoms with Gasteiger partial charge in [-0.3, -0.25) is 9.59 Å². The van der Waals surface area contributed by atoms with Crippen LogP contribution in [0.3, 0.4) is 0 Å². The van der Waals surface area contributed by atoms with Crippen molar-refractivity contribution in [3.8, 4) is 5.75 Å². The summed E-state index contributed by atoms with van der Waals surface area (Å²) in [5, 5.41) is 7.38. The Bertz CT molecular complexity index is 1100. The Kier molecular flexibility index (Phi) is 9.60. The molecular weight excluding hydrogens is 450 g/mol. The van der Waals surface area contributed by atoms with E-state index in [0.717, 1.165) is 23.4 Å². The molecule has 9 heteroatoms. The van der Waals surface area contributed by atoms with E-state index >= 15 is 0 Å². The number of thioether (sulfide) groups is 1. The first kappa shape index (κ1) is 24.9. The zero-order valence-corrected chi connectivity index (χ0v) is 20.0. The molecule has 3 aromatic rings. The highest BCUT2D eigenvalue weighted by Crippen LogP contribution is 2.14. The smallest absolute Gasteiger partial charge is 0.257 e. The number of benzene rings is 2. The maximum absolute atomic E-state index is 12.0. The number of carbonyl (C=O) groups excluding carboxylic acids is 2. The van der Waals surface area contributed by atoms with E-state index in [-0.39, 0.29) is 24.2 Å². The maximum Gasteiger partial charge on any atom is 0.257 e. The fourth-order valence-electron chi connectivity index (χ4n) is 2.94. The second-order valence-electron chi connectivity index (χ2n) is 7.46. The first-order chi connectivity index (χ1) is 16.5. The molecule has 2 aromatic carbocycles. The number of aromatic nitrogens is 2. The highest BCUT2D eigenvalue weighted by molar-refractivity contribution is 7.99. The highest BCUT2D eigenvalue weighted by Gasteiger charge is 2.06. The molecule has 0 saturated heterocycles. The number of nitrogens with one attached hydrogen (secondary N) is 2. The molecule has 0 aliphatic carbocycles. The molecule has 0 fully saturated rings. The van der Waals surface area contributed by atoms with E-state index in [2.05, 4.69) is 25.8 Å². The summed E-state index contributed by atoms with van der Waals surface area (Å²) in [7, 11) is 0. The fraction of sp³-hybridized carbons (Fsp3) is 0.240. The van der Waals surface area contributed by atoms with Crippen molar-refractivity contribution in [3.05, 3.63) is 83.2 Å². The van der Waals surface area contributed by atoms with E-state index in [1.165, 1.54) is 23.5 Å².